The molecule has 4 aromatic rings. The molecule has 12 heteroatoms. The Labute approximate surface area is 176 Å². The molecule has 158 valence electrons. The molecular formula is C19H20N10O2. The number of carbonyl (C=O) groups is 1. The van der Waals surface area contributed by atoms with Crippen molar-refractivity contribution in [3.63, 3.8) is 0 Å². The summed E-state index contributed by atoms with van der Waals surface area (Å²) < 4.78 is 3.47. The van der Waals surface area contributed by atoms with E-state index in [4.69, 9.17) is 5.11 Å². The van der Waals surface area contributed by atoms with Crippen molar-refractivity contribution in [1.29, 1.82) is 0 Å². The first kappa shape index (κ1) is 18.9. The topological polar surface area (TPSA) is 140 Å². The summed E-state index contributed by atoms with van der Waals surface area (Å²) in [4.78, 5) is 29.9. The number of rotatable bonds is 4. The molecule has 1 aliphatic rings. The fourth-order valence-electron chi connectivity index (χ4n) is 3.79. The van der Waals surface area contributed by atoms with Gasteiger partial charge in [-0.05, 0) is 31.9 Å². The highest BCUT2D eigenvalue weighted by molar-refractivity contribution is 5.88. The maximum absolute atomic E-state index is 11.2. The molecule has 5 rings (SSSR count). The molecule has 2 N–H and O–H groups in total. The molecule has 4 aromatic heterocycles. The molecule has 0 aromatic carbocycles. The molecular weight excluding hydrogens is 400 g/mol. The molecule has 0 radical (unpaired) electrons. The van der Waals surface area contributed by atoms with Crippen LogP contribution in [0.15, 0.2) is 37.3 Å². The maximum Gasteiger partial charge on any atom is 0.407 e. The molecule has 12 nitrogen and oxygen atoms in total. The molecule has 1 fully saturated rings. The summed E-state index contributed by atoms with van der Waals surface area (Å²) in [6, 6.07) is 3.86. The summed E-state index contributed by atoms with van der Waals surface area (Å²) in [6.07, 6.45) is 6.82. The standard InChI is InChI=1S/C19H20N10O2/c1-12-15(2-3-16(25-12)28-11-20-9-24-28)26-17-14-8-23-29(18(14)22-10-21-17)13-4-6-27(7-5-13)19(30)31/h2-3,8-11,13H,4-7H2,1H3,(H,30,31)(H,21,22,26). The lowest BCUT2D eigenvalue weighted by Crippen LogP contribution is -2.38. The van der Waals surface area contributed by atoms with Crippen LogP contribution in [0.5, 0.6) is 0 Å². The fraction of sp³-hybridized carbons (Fsp3) is 0.316. The van der Waals surface area contributed by atoms with Crippen LogP contribution in [0.3, 0.4) is 0 Å². The number of carboxylic acid groups (broad SMARTS) is 1. The summed E-state index contributed by atoms with van der Waals surface area (Å²) in [6.45, 7) is 2.88. The number of nitrogens with zero attached hydrogens (tertiary/aromatic N) is 9. The first-order valence-electron chi connectivity index (χ1n) is 9.86. The minimum Gasteiger partial charge on any atom is -0.465 e. The predicted octanol–water partition coefficient (Wildman–Crippen LogP) is 2.17. The zero-order chi connectivity index (χ0) is 21.4. The lowest BCUT2D eigenvalue weighted by Gasteiger charge is -2.30. The van der Waals surface area contributed by atoms with Crippen molar-refractivity contribution >= 4 is 28.6 Å². The number of aromatic nitrogens is 8. The van der Waals surface area contributed by atoms with E-state index in [1.165, 1.54) is 17.6 Å². The van der Waals surface area contributed by atoms with Crippen molar-refractivity contribution in [2.45, 2.75) is 25.8 Å². The molecule has 1 amide bonds. The molecule has 0 atom stereocenters. The minimum atomic E-state index is -0.878. The Hall–Kier alpha value is -4.09. The van der Waals surface area contributed by atoms with Crippen LogP contribution in [0.4, 0.5) is 16.3 Å². The highest BCUT2D eigenvalue weighted by Crippen LogP contribution is 2.29. The van der Waals surface area contributed by atoms with Gasteiger partial charge in [0.25, 0.3) is 0 Å². The van der Waals surface area contributed by atoms with Gasteiger partial charge in [0.15, 0.2) is 11.5 Å². The molecule has 0 bridgehead atoms. The van der Waals surface area contributed by atoms with Gasteiger partial charge in [-0.1, -0.05) is 0 Å². The van der Waals surface area contributed by atoms with Gasteiger partial charge in [0.1, 0.15) is 24.8 Å². The van der Waals surface area contributed by atoms with Crippen molar-refractivity contribution in [1.82, 2.24) is 44.4 Å². The fourth-order valence-corrected chi connectivity index (χ4v) is 3.79. The molecule has 0 aliphatic carbocycles. The Bertz CT molecular complexity index is 1230. The lowest BCUT2D eigenvalue weighted by molar-refractivity contribution is 0.124. The smallest absolute Gasteiger partial charge is 0.407 e. The van der Waals surface area contributed by atoms with Gasteiger partial charge in [-0.3, -0.25) is 0 Å². The second-order valence-corrected chi connectivity index (χ2v) is 7.32. The summed E-state index contributed by atoms with van der Waals surface area (Å²) in [5.74, 6) is 1.31. The van der Waals surface area contributed by atoms with Crippen LogP contribution in [-0.4, -0.2) is 68.7 Å². The van der Waals surface area contributed by atoms with Crippen molar-refractivity contribution in [2.75, 3.05) is 18.4 Å². The van der Waals surface area contributed by atoms with Gasteiger partial charge in [-0.15, -0.1) is 0 Å². The number of hydrogen-bond acceptors (Lipinski definition) is 8. The van der Waals surface area contributed by atoms with E-state index >= 15 is 0 Å². The highest BCUT2D eigenvalue weighted by Gasteiger charge is 2.25. The molecule has 1 aliphatic heterocycles. The Morgan fingerprint density at radius 2 is 2.00 bits per heavy atom. The molecule has 1 saturated heterocycles. The second-order valence-electron chi connectivity index (χ2n) is 7.32. The van der Waals surface area contributed by atoms with Crippen LogP contribution < -0.4 is 5.32 Å². The number of likely N-dealkylation sites (tertiary alicyclic amines) is 1. The Morgan fingerprint density at radius 1 is 1.16 bits per heavy atom. The number of amides is 1. The van der Waals surface area contributed by atoms with Gasteiger partial charge in [0.05, 0.1) is 29.0 Å². The normalized spacial score (nSPS) is 14.8. The van der Waals surface area contributed by atoms with Crippen molar-refractivity contribution < 1.29 is 9.90 Å². The maximum atomic E-state index is 11.2. The number of nitrogens with one attached hydrogen (secondary N) is 1. The summed E-state index contributed by atoms with van der Waals surface area (Å²) in [7, 11) is 0. The lowest BCUT2D eigenvalue weighted by atomic mass is 10.1. The molecule has 31 heavy (non-hydrogen) atoms. The average molecular weight is 420 g/mol. The largest absolute Gasteiger partial charge is 0.465 e. The zero-order valence-corrected chi connectivity index (χ0v) is 16.8. The number of hydrogen-bond donors (Lipinski definition) is 2. The van der Waals surface area contributed by atoms with E-state index in [-0.39, 0.29) is 6.04 Å². The van der Waals surface area contributed by atoms with Crippen LogP contribution in [0.25, 0.3) is 16.9 Å². The quantitative estimate of drug-likeness (QED) is 0.508. The van der Waals surface area contributed by atoms with Gasteiger partial charge in [-0.25, -0.2) is 34.1 Å². The van der Waals surface area contributed by atoms with Crippen LogP contribution in [-0.2, 0) is 0 Å². The zero-order valence-electron chi connectivity index (χ0n) is 16.8. The van der Waals surface area contributed by atoms with Crippen molar-refractivity contribution in [3.8, 4) is 5.82 Å². The first-order chi connectivity index (χ1) is 15.1. The highest BCUT2D eigenvalue weighted by atomic mass is 16.4. The van der Waals surface area contributed by atoms with E-state index in [1.54, 1.807) is 17.2 Å². The van der Waals surface area contributed by atoms with Crippen LogP contribution >= 0.6 is 0 Å². The molecule has 5 heterocycles. The number of aryl methyl sites for hydroxylation is 1. The predicted molar refractivity (Wildman–Crippen MR) is 110 cm³/mol. The van der Waals surface area contributed by atoms with Gasteiger partial charge >= 0.3 is 6.09 Å². The van der Waals surface area contributed by atoms with Crippen molar-refractivity contribution in [3.05, 3.63) is 43.0 Å². The van der Waals surface area contributed by atoms with Crippen LogP contribution in [0.2, 0.25) is 0 Å². The number of fused-ring (bicyclic) bond motifs is 1. The van der Waals surface area contributed by atoms with Crippen molar-refractivity contribution in [2.24, 2.45) is 0 Å². The van der Waals surface area contributed by atoms with Crippen LogP contribution in [0.1, 0.15) is 24.6 Å². The average Bonchev–Trinajstić information content (AvgIpc) is 3.46. The Morgan fingerprint density at radius 3 is 2.71 bits per heavy atom. The summed E-state index contributed by atoms with van der Waals surface area (Å²) in [5, 5.41) is 21.9. The third kappa shape index (κ3) is 3.52. The second kappa shape index (κ2) is 7.63. The summed E-state index contributed by atoms with van der Waals surface area (Å²) in [5.41, 5.74) is 2.32. The SMILES string of the molecule is Cc1nc(-n2cncn2)ccc1Nc1ncnc2c1cnn2C1CCN(C(=O)O)CC1. The van der Waals surface area contributed by atoms with E-state index < -0.39 is 6.09 Å². The number of piperidine rings is 1. The summed E-state index contributed by atoms with van der Waals surface area (Å²) >= 11 is 0. The van der Waals surface area contributed by atoms with E-state index in [0.29, 0.717) is 37.6 Å². The first-order valence-corrected chi connectivity index (χ1v) is 9.86. The molecule has 0 unspecified atom stereocenters. The van der Waals surface area contributed by atoms with E-state index in [1.807, 2.05) is 23.7 Å². The van der Waals surface area contributed by atoms with Gasteiger partial charge in [0.2, 0.25) is 0 Å². The third-order valence-electron chi connectivity index (χ3n) is 5.45. The molecule has 0 spiro atoms. The van der Waals surface area contributed by atoms with Gasteiger partial charge < -0.3 is 15.3 Å². The number of pyridine rings is 1. The third-order valence-corrected chi connectivity index (χ3v) is 5.45. The van der Waals surface area contributed by atoms with Gasteiger partial charge in [0, 0.05) is 13.1 Å². The molecule has 0 saturated carbocycles. The van der Waals surface area contributed by atoms with Crippen LogP contribution in [0, 0.1) is 6.92 Å². The van der Waals surface area contributed by atoms with Gasteiger partial charge in [-0.2, -0.15) is 10.2 Å². The van der Waals surface area contributed by atoms with E-state index in [2.05, 4.69) is 35.5 Å². The van der Waals surface area contributed by atoms with E-state index in [9.17, 15) is 4.79 Å². The Kier molecular flexibility index (Phi) is 4.65. The monoisotopic (exact) mass is 420 g/mol. The number of anilines is 2. The minimum absolute atomic E-state index is 0.0983. The Balaban J connectivity index is 1.40. The van der Waals surface area contributed by atoms with E-state index in [0.717, 1.165) is 22.4 Å².